The minimum absolute atomic E-state index is 0.707. The van der Waals surface area contributed by atoms with Gasteiger partial charge >= 0.3 is 0 Å². The van der Waals surface area contributed by atoms with Gasteiger partial charge in [0.1, 0.15) is 5.69 Å². The van der Waals surface area contributed by atoms with Gasteiger partial charge in [-0.15, -0.1) is 0 Å². The van der Waals surface area contributed by atoms with E-state index in [2.05, 4.69) is 44.6 Å². The van der Waals surface area contributed by atoms with E-state index in [1.165, 1.54) is 0 Å². The van der Waals surface area contributed by atoms with Crippen LogP contribution in [0, 0.1) is 0 Å². The number of aromatic nitrogens is 3. The van der Waals surface area contributed by atoms with Crippen LogP contribution in [0.3, 0.4) is 0 Å². The van der Waals surface area contributed by atoms with Gasteiger partial charge in [0.15, 0.2) is 5.65 Å². The number of imidazole rings is 1. The minimum Gasteiger partial charge on any atom is -0.296 e. The third-order valence-corrected chi connectivity index (χ3v) is 5.54. The maximum atomic E-state index is 6.06. The molecule has 140 valence electrons. The van der Waals surface area contributed by atoms with Crippen LogP contribution < -0.4 is 0 Å². The Balaban J connectivity index is 1.71. The Bertz CT molecular complexity index is 1350. The zero-order valence-corrected chi connectivity index (χ0v) is 17.6. The van der Waals surface area contributed by atoms with Gasteiger partial charge in [0.25, 0.3) is 0 Å². The van der Waals surface area contributed by atoms with Crippen LogP contribution in [0.1, 0.15) is 11.3 Å². The number of para-hydroxylation sites is 2. The minimum atomic E-state index is 0.707. The normalized spacial score (nSPS) is 11.7. The zero-order valence-electron chi connectivity index (χ0n) is 15.3. The molecule has 0 atom stereocenters. The summed E-state index contributed by atoms with van der Waals surface area (Å²) in [5.41, 5.74) is 6.62. The number of benzene rings is 3. The van der Waals surface area contributed by atoms with Crippen molar-refractivity contribution in [3.05, 3.63) is 99.7 Å². The van der Waals surface area contributed by atoms with Gasteiger partial charge < -0.3 is 0 Å². The van der Waals surface area contributed by atoms with Crippen molar-refractivity contribution in [3.8, 4) is 11.3 Å². The van der Waals surface area contributed by atoms with E-state index in [4.69, 9.17) is 21.6 Å². The van der Waals surface area contributed by atoms with Crippen molar-refractivity contribution in [1.29, 1.82) is 0 Å². The first-order chi connectivity index (χ1) is 14.2. The molecule has 0 saturated heterocycles. The highest BCUT2D eigenvalue weighted by atomic mass is 79.9. The van der Waals surface area contributed by atoms with E-state index in [0.717, 1.165) is 43.7 Å². The number of hydrogen-bond donors (Lipinski definition) is 0. The molecule has 0 aliphatic carbocycles. The van der Waals surface area contributed by atoms with Crippen LogP contribution >= 0.6 is 27.5 Å². The van der Waals surface area contributed by atoms with Crippen LogP contribution in [-0.4, -0.2) is 14.4 Å². The van der Waals surface area contributed by atoms with Gasteiger partial charge in [0, 0.05) is 21.3 Å². The second-order valence-electron chi connectivity index (χ2n) is 6.70. The van der Waals surface area contributed by atoms with Crippen LogP contribution in [0.25, 0.3) is 40.1 Å². The number of fused-ring (bicyclic) bond motifs is 3. The lowest BCUT2D eigenvalue weighted by molar-refractivity contribution is 1.14. The van der Waals surface area contributed by atoms with E-state index in [9.17, 15) is 0 Å². The van der Waals surface area contributed by atoms with Gasteiger partial charge in [-0.2, -0.15) is 0 Å². The van der Waals surface area contributed by atoms with Crippen LogP contribution in [0.5, 0.6) is 0 Å². The van der Waals surface area contributed by atoms with Crippen molar-refractivity contribution in [1.82, 2.24) is 14.4 Å². The molecule has 0 radical (unpaired) electrons. The molecule has 5 rings (SSSR count). The molecule has 3 aromatic carbocycles. The first kappa shape index (κ1) is 18.1. The highest BCUT2D eigenvalue weighted by Crippen LogP contribution is 2.26. The van der Waals surface area contributed by atoms with Gasteiger partial charge in [-0.3, -0.25) is 4.40 Å². The molecule has 29 heavy (non-hydrogen) atoms. The maximum Gasteiger partial charge on any atom is 0.164 e. The highest BCUT2D eigenvalue weighted by Gasteiger charge is 2.11. The summed E-state index contributed by atoms with van der Waals surface area (Å²) in [6.45, 7) is 0. The molecular formula is C24H15BrClN3. The lowest BCUT2D eigenvalue weighted by atomic mass is 10.1. The topological polar surface area (TPSA) is 30.2 Å². The van der Waals surface area contributed by atoms with E-state index in [1.807, 2.05) is 66.9 Å². The Morgan fingerprint density at radius 1 is 0.828 bits per heavy atom. The van der Waals surface area contributed by atoms with E-state index in [-0.39, 0.29) is 0 Å². The molecule has 0 aliphatic heterocycles. The quantitative estimate of drug-likeness (QED) is 0.286. The monoisotopic (exact) mass is 459 g/mol. The molecule has 0 fully saturated rings. The summed E-state index contributed by atoms with van der Waals surface area (Å²) in [6.07, 6.45) is 6.11. The molecule has 2 aromatic heterocycles. The SMILES string of the molecule is Clc1ccc(-c2cn3c(nc4ccccc43)c(C=Cc3ccc(Br)cc3)n2)cc1. The Labute approximate surface area is 181 Å². The molecule has 2 heterocycles. The highest BCUT2D eigenvalue weighted by molar-refractivity contribution is 9.10. The Morgan fingerprint density at radius 3 is 2.38 bits per heavy atom. The van der Waals surface area contributed by atoms with Gasteiger partial charge in [0.2, 0.25) is 0 Å². The van der Waals surface area contributed by atoms with E-state index < -0.39 is 0 Å². The first-order valence-corrected chi connectivity index (χ1v) is 10.3. The van der Waals surface area contributed by atoms with Crippen molar-refractivity contribution in [2.45, 2.75) is 0 Å². The maximum absolute atomic E-state index is 6.06. The summed E-state index contributed by atoms with van der Waals surface area (Å²) in [6, 6.07) is 24.0. The average Bonchev–Trinajstić information content (AvgIpc) is 3.12. The second kappa shape index (κ2) is 7.47. The molecule has 0 amide bonds. The number of halogens is 2. The number of rotatable bonds is 3. The second-order valence-corrected chi connectivity index (χ2v) is 8.05. The van der Waals surface area contributed by atoms with Gasteiger partial charge in [-0.05, 0) is 48.0 Å². The molecule has 0 unspecified atom stereocenters. The lowest BCUT2D eigenvalue weighted by Gasteiger charge is -2.06. The number of hydrogen-bond acceptors (Lipinski definition) is 2. The Morgan fingerprint density at radius 2 is 1.59 bits per heavy atom. The van der Waals surface area contributed by atoms with Crippen LogP contribution in [0.15, 0.2) is 83.5 Å². The Kier molecular flexibility index (Phi) is 4.66. The summed E-state index contributed by atoms with van der Waals surface area (Å²) in [5.74, 6) is 0. The fraction of sp³-hybridized carbons (Fsp3) is 0. The molecule has 3 nitrogen and oxygen atoms in total. The zero-order chi connectivity index (χ0) is 19.8. The van der Waals surface area contributed by atoms with Crippen molar-refractivity contribution in [2.24, 2.45) is 0 Å². The molecule has 0 spiro atoms. The summed E-state index contributed by atoms with van der Waals surface area (Å²) < 4.78 is 3.16. The molecule has 5 aromatic rings. The van der Waals surface area contributed by atoms with E-state index in [1.54, 1.807) is 0 Å². The molecule has 0 saturated carbocycles. The molecule has 5 heteroatoms. The molecule has 0 bridgehead atoms. The van der Waals surface area contributed by atoms with Gasteiger partial charge in [-0.25, -0.2) is 9.97 Å². The fourth-order valence-corrected chi connectivity index (χ4v) is 3.70. The van der Waals surface area contributed by atoms with Gasteiger partial charge in [-0.1, -0.05) is 70.0 Å². The largest absolute Gasteiger partial charge is 0.296 e. The first-order valence-electron chi connectivity index (χ1n) is 9.15. The van der Waals surface area contributed by atoms with Gasteiger partial charge in [0.05, 0.1) is 16.7 Å². The number of nitrogens with zero attached hydrogens (tertiary/aromatic N) is 3. The fourth-order valence-electron chi connectivity index (χ4n) is 3.31. The molecular weight excluding hydrogens is 446 g/mol. The standard InChI is InChI=1S/C24H15BrClN3/c25-18-10-5-16(6-11-18)7-14-21-24-28-20-3-1-2-4-23(20)29(24)15-22(27-21)17-8-12-19(26)13-9-17/h1-15H. The predicted octanol–water partition coefficient (Wildman–Crippen LogP) is 7.14. The summed E-state index contributed by atoms with van der Waals surface area (Å²) in [7, 11) is 0. The third-order valence-electron chi connectivity index (χ3n) is 4.76. The third kappa shape index (κ3) is 3.57. The molecule has 0 aliphatic rings. The predicted molar refractivity (Wildman–Crippen MR) is 124 cm³/mol. The van der Waals surface area contributed by atoms with Crippen molar-refractivity contribution in [3.63, 3.8) is 0 Å². The lowest BCUT2D eigenvalue weighted by Crippen LogP contribution is -1.96. The van der Waals surface area contributed by atoms with Crippen LogP contribution in [-0.2, 0) is 0 Å². The molecule has 0 N–H and O–H groups in total. The average molecular weight is 461 g/mol. The summed E-state index contributed by atoms with van der Waals surface area (Å²) in [5, 5.41) is 0.707. The smallest absolute Gasteiger partial charge is 0.164 e. The Hall–Kier alpha value is -2.95. The van der Waals surface area contributed by atoms with E-state index in [0.29, 0.717) is 5.02 Å². The van der Waals surface area contributed by atoms with Crippen LogP contribution in [0.4, 0.5) is 0 Å². The van der Waals surface area contributed by atoms with E-state index >= 15 is 0 Å². The van der Waals surface area contributed by atoms with Crippen molar-refractivity contribution < 1.29 is 0 Å². The van der Waals surface area contributed by atoms with Crippen molar-refractivity contribution in [2.75, 3.05) is 0 Å². The van der Waals surface area contributed by atoms with Crippen LogP contribution in [0.2, 0.25) is 5.02 Å². The summed E-state index contributed by atoms with van der Waals surface area (Å²) >= 11 is 9.54. The van der Waals surface area contributed by atoms with Crippen molar-refractivity contribution >= 4 is 56.4 Å². The summed E-state index contributed by atoms with van der Waals surface area (Å²) in [4.78, 5) is 9.72.